The molecule has 2 aromatic rings. The van der Waals surface area contributed by atoms with Crippen LogP contribution in [0.15, 0.2) is 30.3 Å². The molecule has 0 radical (unpaired) electrons. The Kier molecular flexibility index (Phi) is 4.78. The zero-order valence-corrected chi connectivity index (χ0v) is 14.6. The number of benzene rings is 1. The van der Waals surface area contributed by atoms with Gasteiger partial charge in [-0.25, -0.2) is 4.98 Å². The highest BCUT2D eigenvalue weighted by Gasteiger charge is 2.29. The van der Waals surface area contributed by atoms with Crippen LogP contribution in [0.25, 0.3) is 10.6 Å². The molecular weight excluding hydrogens is 306 g/mol. The number of aryl methyl sites for hydroxylation is 1. The second kappa shape index (κ2) is 6.81. The highest BCUT2D eigenvalue weighted by atomic mass is 32.1. The standard InChI is InChI=1S/C18H23N3OS/c1-11(15-9-19-10-15)17(22)20-12(2)16-13(3)21-18(23-16)14-7-5-4-6-8-14/h4-8,11-12,15,19H,9-10H2,1-3H3,(H,20,22). The topological polar surface area (TPSA) is 54.0 Å². The molecule has 2 N–H and O–H groups in total. The van der Waals surface area contributed by atoms with E-state index >= 15 is 0 Å². The number of carbonyl (C=O) groups is 1. The van der Waals surface area contributed by atoms with E-state index in [1.54, 1.807) is 11.3 Å². The van der Waals surface area contributed by atoms with Gasteiger partial charge in [-0.3, -0.25) is 4.79 Å². The van der Waals surface area contributed by atoms with E-state index in [4.69, 9.17) is 0 Å². The number of rotatable bonds is 5. The summed E-state index contributed by atoms with van der Waals surface area (Å²) in [5, 5.41) is 7.39. The van der Waals surface area contributed by atoms with Crippen LogP contribution >= 0.6 is 11.3 Å². The molecule has 5 heteroatoms. The molecule has 23 heavy (non-hydrogen) atoms. The number of aromatic nitrogens is 1. The Morgan fingerprint density at radius 3 is 2.61 bits per heavy atom. The first-order chi connectivity index (χ1) is 11.1. The van der Waals surface area contributed by atoms with Crippen LogP contribution in [-0.2, 0) is 4.79 Å². The van der Waals surface area contributed by atoms with Crippen LogP contribution in [0.2, 0.25) is 0 Å². The van der Waals surface area contributed by atoms with E-state index in [-0.39, 0.29) is 17.9 Å². The molecule has 0 bridgehead atoms. The van der Waals surface area contributed by atoms with Gasteiger partial charge in [0, 0.05) is 11.5 Å². The van der Waals surface area contributed by atoms with Crippen molar-refractivity contribution in [1.82, 2.24) is 15.6 Å². The van der Waals surface area contributed by atoms with E-state index in [0.717, 1.165) is 34.2 Å². The molecule has 1 aromatic heterocycles. The van der Waals surface area contributed by atoms with Crippen LogP contribution in [-0.4, -0.2) is 24.0 Å². The number of nitrogens with one attached hydrogen (secondary N) is 2. The van der Waals surface area contributed by atoms with Gasteiger partial charge in [0.2, 0.25) is 5.91 Å². The Balaban J connectivity index is 1.71. The first-order valence-corrected chi connectivity index (χ1v) is 8.91. The first-order valence-electron chi connectivity index (χ1n) is 8.10. The fourth-order valence-corrected chi connectivity index (χ4v) is 3.88. The lowest BCUT2D eigenvalue weighted by Crippen LogP contribution is -2.49. The molecule has 1 aliphatic rings. The van der Waals surface area contributed by atoms with E-state index in [9.17, 15) is 4.79 Å². The van der Waals surface area contributed by atoms with Gasteiger partial charge < -0.3 is 10.6 Å². The zero-order valence-electron chi connectivity index (χ0n) is 13.8. The lowest BCUT2D eigenvalue weighted by atomic mass is 9.88. The Labute approximate surface area is 141 Å². The fraction of sp³-hybridized carbons (Fsp3) is 0.444. The van der Waals surface area contributed by atoms with Crippen molar-refractivity contribution in [1.29, 1.82) is 0 Å². The van der Waals surface area contributed by atoms with Gasteiger partial charge in [0.1, 0.15) is 5.01 Å². The van der Waals surface area contributed by atoms with Crippen molar-refractivity contribution in [2.24, 2.45) is 11.8 Å². The fourth-order valence-electron chi connectivity index (χ4n) is 2.80. The molecule has 2 atom stereocenters. The molecule has 3 rings (SSSR count). The van der Waals surface area contributed by atoms with Gasteiger partial charge >= 0.3 is 0 Å². The number of hydrogen-bond acceptors (Lipinski definition) is 4. The van der Waals surface area contributed by atoms with Crippen molar-refractivity contribution in [2.75, 3.05) is 13.1 Å². The Morgan fingerprint density at radius 2 is 2.00 bits per heavy atom. The summed E-state index contributed by atoms with van der Waals surface area (Å²) in [5.74, 6) is 0.656. The third-order valence-corrected chi connectivity index (χ3v) is 5.93. The minimum atomic E-state index is -0.00653. The van der Waals surface area contributed by atoms with Crippen molar-refractivity contribution in [3.8, 4) is 10.6 Å². The number of nitrogens with zero attached hydrogens (tertiary/aromatic N) is 1. The monoisotopic (exact) mass is 329 g/mol. The van der Waals surface area contributed by atoms with Crippen LogP contribution in [0.5, 0.6) is 0 Å². The Bertz CT molecular complexity index is 679. The molecule has 0 saturated carbocycles. The number of thiazole rings is 1. The Hall–Kier alpha value is -1.72. The molecule has 1 saturated heterocycles. The number of amides is 1. The molecule has 0 spiro atoms. The molecular formula is C18H23N3OS. The van der Waals surface area contributed by atoms with Crippen LogP contribution < -0.4 is 10.6 Å². The third-order valence-electron chi connectivity index (χ3n) is 4.54. The van der Waals surface area contributed by atoms with Gasteiger partial charge in [-0.05, 0) is 32.9 Å². The van der Waals surface area contributed by atoms with Crippen molar-refractivity contribution in [2.45, 2.75) is 26.8 Å². The summed E-state index contributed by atoms with van der Waals surface area (Å²) in [4.78, 5) is 18.2. The average Bonchev–Trinajstić information content (AvgIpc) is 2.88. The molecule has 2 unspecified atom stereocenters. The third kappa shape index (κ3) is 3.46. The molecule has 4 nitrogen and oxygen atoms in total. The minimum Gasteiger partial charge on any atom is -0.348 e. The smallest absolute Gasteiger partial charge is 0.223 e. The molecule has 1 aliphatic heterocycles. The maximum absolute atomic E-state index is 12.4. The lowest BCUT2D eigenvalue weighted by Gasteiger charge is -2.32. The van der Waals surface area contributed by atoms with Crippen molar-refractivity contribution in [3.63, 3.8) is 0 Å². The normalized spacial score (nSPS) is 17.3. The van der Waals surface area contributed by atoms with Gasteiger partial charge in [-0.2, -0.15) is 0 Å². The molecule has 122 valence electrons. The second-order valence-corrected chi connectivity index (χ2v) is 7.30. The largest absolute Gasteiger partial charge is 0.348 e. The maximum Gasteiger partial charge on any atom is 0.223 e. The average molecular weight is 329 g/mol. The van der Waals surface area contributed by atoms with Crippen molar-refractivity contribution in [3.05, 3.63) is 40.9 Å². The zero-order chi connectivity index (χ0) is 16.4. The minimum absolute atomic E-state index is 0.00653. The summed E-state index contributed by atoms with van der Waals surface area (Å²) in [5.41, 5.74) is 2.12. The van der Waals surface area contributed by atoms with Gasteiger partial charge in [0.25, 0.3) is 0 Å². The molecule has 1 fully saturated rings. The van der Waals surface area contributed by atoms with Crippen LogP contribution in [0.4, 0.5) is 0 Å². The van der Waals surface area contributed by atoms with Crippen LogP contribution in [0.3, 0.4) is 0 Å². The predicted octanol–water partition coefficient (Wildman–Crippen LogP) is 3.15. The second-order valence-electron chi connectivity index (χ2n) is 6.27. The Morgan fingerprint density at radius 1 is 1.30 bits per heavy atom. The highest BCUT2D eigenvalue weighted by molar-refractivity contribution is 7.15. The van der Waals surface area contributed by atoms with Crippen molar-refractivity contribution < 1.29 is 4.79 Å². The van der Waals surface area contributed by atoms with Gasteiger partial charge in [-0.15, -0.1) is 11.3 Å². The quantitative estimate of drug-likeness (QED) is 0.886. The van der Waals surface area contributed by atoms with E-state index < -0.39 is 0 Å². The lowest BCUT2D eigenvalue weighted by molar-refractivity contribution is -0.127. The molecule has 0 aliphatic carbocycles. The van der Waals surface area contributed by atoms with Crippen LogP contribution in [0.1, 0.15) is 30.5 Å². The van der Waals surface area contributed by atoms with Gasteiger partial charge in [-0.1, -0.05) is 37.3 Å². The summed E-state index contributed by atoms with van der Waals surface area (Å²) < 4.78 is 0. The summed E-state index contributed by atoms with van der Waals surface area (Å²) in [7, 11) is 0. The van der Waals surface area contributed by atoms with E-state index in [2.05, 4.69) is 27.8 Å². The first kappa shape index (κ1) is 16.1. The summed E-state index contributed by atoms with van der Waals surface area (Å²) in [6, 6.07) is 10.2. The van der Waals surface area contributed by atoms with Crippen molar-refractivity contribution >= 4 is 17.2 Å². The van der Waals surface area contributed by atoms with E-state index in [0.29, 0.717) is 5.92 Å². The molecule has 1 aromatic carbocycles. The predicted molar refractivity (Wildman–Crippen MR) is 94.4 cm³/mol. The van der Waals surface area contributed by atoms with E-state index in [1.807, 2.05) is 39.0 Å². The van der Waals surface area contributed by atoms with Crippen LogP contribution in [0, 0.1) is 18.8 Å². The highest BCUT2D eigenvalue weighted by Crippen LogP contribution is 2.32. The summed E-state index contributed by atoms with van der Waals surface area (Å²) in [6.07, 6.45) is 0. The van der Waals surface area contributed by atoms with Gasteiger partial charge in [0.15, 0.2) is 0 Å². The van der Waals surface area contributed by atoms with Gasteiger partial charge in [0.05, 0.1) is 16.6 Å². The summed E-state index contributed by atoms with van der Waals surface area (Å²) in [6.45, 7) is 7.96. The maximum atomic E-state index is 12.4. The number of hydrogen-bond donors (Lipinski definition) is 2. The molecule has 1 amide bonds. The number of carbonyl (C=O) groups excluding carboxylic acids is 1. The molecule has 2 heterocycles. The SMILES string of the molecule is Cc1nc(-c2ccccc2)sc1C(C)NC(=O)C(C)C1CNC1. The van der Waals surface area contributed by atoms with E-state index in [1.165, 1.54) is 0 Å². The summed E-state index contributed by atoms with van der Waals surface area (Å²) >= 11 is 1.66.